The number of thiophene rings is 1. The molecule has 1 aromatic heterocycles. The van der Waals surface area contributed by atoms with Gasteiger partial charge in [0.2, 0.25) is 0 Å². The molecule has 1 heterocycles. The molecule has 3 atom stereocenters. The Morgan fingerprint density at radius 2 is 2.24 bits per heavy atom. The van der Waals surface area contributed by atoms with Gasteiger partial charge in [-0.3, -0.25) is 0 Å². The summed E-state index contributed by atoms with van der Waals surface area (Å²) in [5.74, 6) is 1.83. The monoisotopic (exact) mass is 251 g/mol. The van der Waals surface area contributed by atoms with Gasteiger partial charge in [0, 0.05) is 10.9 Å². The minimum absolute atomic E-state index is 0.600. The van der Waals surface area contributed by atoms with E-state index in [1.165, 1.54) is 30.6 Å². The first-order chi connectivity index (χ1) is 8.26. The van der Waals surface area contributed by atoms with Crippen molar-refractivity contribution in [3.63, 3.8) is 0 Å². The van der Waals surface area contributed by atoms with Crippen molar-refractivity contribution in [2.45, 2.75) is 52.5 Å². The molecule has 0 spiro atoms. The van der Waals surface area contributed by atoms with Crippen molar-refractivity contribution in [2.24, 2.45) is 11.8 Å². The molecule has 1 saturated carbocycles. The maximum absolute atomic E-state index is 3.72. The highest BCUT2D eigenvalue weighted by atomic mass is 32.1. The lowest BCUT2D eigenvalue weighted by Crippen LogP contribution is -2.27. The quantitative estimate of drug-likeness (QED) is 0.810. The van der Waals surface area contributed by atoms with E-state index in [4.69, 9.17) is 0 Å². The van der Waals surface area contributed by atoms with Crippen LogP contribution in [-0.2, 0) is 0 Å². The van der Waals surface area contributed by atoms with Crippen molar-refractivity contribution >= 4 is 11.3 Å². The predicted molar refractivity (Wildman–Crippen MR) is 76.6 cm³/mol. The lowest BCUT2D eigenvalue weighted by Gasteiger charge is -2.25. The molecular formula is C15H25NS. The topological polar surface area (TPSA) is 12.0 Å². The van der Waals surface area contributed by atoms with Crippen LogP contribution < -0.4 is 5.32 Å². The van der Waals surface area contributed by atoms with Gasteiger partial charge in [0.25, 0.3) is 0 Å². The standard InChI is InChI=1S/C15H25NS/c1-4-12-6-7-13(10-12)15(16-5-2)14-8-9-17-11(14)3/h8-9,12-13,15-16H,4-7,10H2,1-3H3. The highest BCUT2D eigenvalue weighted by Gasteiger charge is 2.31. The predicted octanol–water partition coefficient (Wildman–Crippen LogP) is 4.53. The third-order valence-corrected chi connectivity index (χ3v) is 5.15. The van der Waals surface area contributed by atoms with Gasteiger partial charge in [-0.15, -0.1) is 11.3 Å². The molecule has 1 aliphatic carbocycles. The summed E-state index contributed by atoms with van der Waals surface area (Å²) in [5, 5.41) is 5.96. The van der Waals surface area contributed by atoms with Gasteiger partial charge in [-0.05, 0) is 55.2 Å². The molecule has 0 aromatic carbocycles. The number of hydrogen-bond donors (Lipinski definition) is 1. The van der Waals surface area contributed by atoms with Gasteiger partial charge in [-0.25, -0.2) is 0 Å². The number of hydrogen-bond acceptors (Lipinski definition) is 2. The van der Waals surface area contributed by atoms with Gasteiger partial charge in [0.1, 0.15) is 0 Å². The van der Waals surface area contributed by atoms with Crippen molar-refractivity contribution in [1.82, 2.24) is 5.32 Å². The SMILES string of the molecule is CCNC(c1ccsc1C)C1CCC(CC)C1. The van der Waals surface area contributed by atoms with Gasteiger partial charge in [-0.1, -0.05) is 26.7 Å². The summed E-state index contributed by atoms with van der Waals surface area (Å²) in [6, 6.07) is 2.93. The summed E-state index contributed by atoms with van der Waals surface area (Å²) in [5.41, 5.74) is 1.55. The second-order valence-corrected chi connectivity index (χ2v) is 6.44. The van der Waals surface area contributed by atoms with Gasteiger partial charge >= 0.3 is 0 Å². The highest BCUT2D eigenvalue weighted by Crippen LogP contribution is 2.41. The first-order valence-electron chi connectivity index (χ1n) is 7.03. The molecule has 1 aliphatic rings. The second kappa shape index (κ2) is 6.01. The third-order valence-electron chi connectivity index (χ3n) is 4.29. The van der Waals surface area contributed by atoms with E-state index in [0.717, 1.165) is 18.4 Å². The van der Waals surface area contributed by atoms with E-state index in [2.05, 4.69) is 37.5 Å². The van der Waals surface area contributed by atoms with E-state index in [1.54, 1.807) is 5.56 Å². The fourth-order valence-electron chi connectivity index (χ4n) is 3.26. The minimum Gasteiger partial charge on any atom is -0.310 e. The molecule has 0 amide bonds. The molecule has 17 heavy (non-hydrogen) atoms. The second-order valence-electron chi connectivity index (χ2n) is 5.31. The van der Waals surface area contributed by atoms with E-state index in [0.29, 0.717) is 6.04 Å². The Kier molecular flexibility index (Phi) is 4.63. The highest BCUT2D eigenvalue weighted by molar-refractivity contribution is 7.10. The van der Waals surface area contributed by atoms with Gasteiger partial charge in [0.15, 0.2) is 0 Å². The van der Waals surface area contributed by atoms with Gasteiger partial charge in [-0.2, -0.15) is 0 Å². The Balaban J connectivity index is 2.10. The van der Waals surface area contributed by atoms with Crippen LogP contribution in [0.3, 0.4) is 0 Å². The molecule has 1 nitrogen and oxygen atoms in total. The largest absolute Gasteiger partial charge is 0.310 e. The molecule has 96 valence electrons. The number of nitrogens with one attached hydrogen (secondary N) is 1. The normalized spacial score (nSPS) is 26.3. The minimum atomic E-state index is 0.600. The van der Waals surface area contributed by atoms with Crippen LogP contribution >= 0.6 is 11.3 Å². The van der Waals surface area contributed by atoms with Crippen LogP contribution in [0.15, 0.2) is 11.4 Å². The summed E-state index contributed by atoms with van der Waals surface area (Å²) in [7, 11) is 0. The summed E-state index contributed by atoms with van der Waals surface area (Å²) in [6.07, 6.45) is 5.62. The first-order valence-corrected chi connectivity index (χ1v) is 7.91. The summed E-state index contributed by atoms with van der Waals surface area (Å²) in [6.45, 7) is 7.90. The zero-order valence-corrected chi connectivity index (χ0v) is 12.1. The van der Waals surface area contributed by atoms with Crippen molar-refractivity contribution < 1.29 is 0 Å². The van der Waals surface area contributed by atoms with E-state index < -0.39 is 0 Å². The average Bonchev–Trinajstić information content (AvgIpc) is 2.95. The fraction of sp³-hybridized carbons (Fsp3) is 0.733. The molecule has 1 N–H and O–H groups in total. The molecule has 0 aliphatic heterocycles. The van der Waals surface area contributed by atoms with Gasteiger partial charge in [0.05, 0.1) is 0 Å². The molecular weight excluding hydrogens is 226 g/mol. The summed E-state index contributed by atoms with van der Waals surface area (Å²) in [4.78, 5) is 1.50. The zero-order chi connectivity index (χ0) is 12.3. The first kappa shape index (κ1) is 13.1. The Hall–Kier alpha value is -0.340. The van der Waals surface area contributed by atoms with Crippen molar-refractivity contribution in [2.75, 3.05) is 6.54 Å². The van der Waals surface area contributed by atoms with E-state index >= 15 is 0 Å². The smallest absolute Gasteiger partial charge is 0.0359 e. The van der Waals surface area contributed by atoms with Crippen molar-refractivity contribution in [3.8, 4) is 0 Å². The van der Waals surface area contributed by atoms with Crippen molar-refractivity contribution in [3.05, 3.63) is 21.9 Å². The van der Waals surface area contributed by atoms with Crippen LogP contribution in [-0.4, -0.2) is 6.54 Å². The van der Waals surface area contributed by atoms with Crippen LogP contribution in [0.25, 0.3) is 0 Å². The number of rotatable bonds is 5. The molecule has 0 saturated heterocycles. The maximum Gasteiger partial charge on any atom is 0.0359 e. The van der Waals surface area contributed by atoms with E-state index in [-0.39, 0.29) is 0 Å². The van der Waals surface area contributed by atoms with Gasteiger partial charge < -0.3 is 5.32 Å². The van der Waals surface area contributed by atoms with Crippen LogP contribution in [0.5, 0.6) is 0 Å². The molecule has 2 rings (SSSR count). The summed E-state index contributed by atoms with van der Waals surface area (Å²) < 4.78 is 0. The van der Waals surface area contributed by atoms with Crippen LogP contribution in [0.1, 0.15) is 56.0 Å². The van der Waals surface area contributed by atoms with Crippen LogP contribution in [0, 0.1) is 18.8 Å². The Labute approximate surface area is 110 Å². The fourth-order valence-corrected chi connectivity index (χ4v) is 4.00. The van der Waals surface area contributed by atoms with Crippen molar-refractivity contribution in [1.29, 1.82) is 0 Å². The molecule has 1 aromatic rings. The Morgan fingerprint density at radius 1 is 1.41 bits per heavy atom. The average molecular weight is 251 g/mol. The van der Waals surface area contributed by atoms with Crippen LogP contribution in [0.2, 0.25) is 0 Å². The Morgan fingerprint density at radius 3 is 2.76 bits per heavy atom. The van der Waals surface area contributed by atoms with E-state index in [9.17, 15) is 0 Å². The summed E-state index contributed by atoms with van der Waals surface area (Å²) >= 11 is 1.88. The number of aryl methyl sites for hydroxylation is 1. The zero-order valence-electron chi connectivity index (χ0n) is 11.3. The lowest BCUT2D eigenvalue weighted by molar-refractivity contribution is 0.359. The van der Waals surface area contributed by atoms with E-state index in [1.807, 2.05) is 11.3 Å². The third kappa shape index (κ3) is 2.92. The molecule has 3 unspecified atom stereocenters. The maximum atomic E-state index is 3.72. The van der Waals surface area contributed by atoms with Crippen LogP contribution in [0.4, 0.5) is 0 Å². The molecule has 2 heteroatoms. The lowest BCUT2D eigenvalue weighted by atomic mass is 9.90. The Bertz CT molecular complexity index is 344. The molecule has 1 fully saturated rings. The molecule has 0 bridgehead atoms. The molecule has 0 radical (unpaired) electrons.